The molecule has 5 heteroatoms. The van der Waals surface area contributed by atoms with E-state index in [1.54, 1.807) is 0 Å². The quantitative estimate of drug-likeness (QED) is 0.614. The zero-order chi connectivity index (χ0) is 25.2. The van der Waals surface area contributed by atoms with Gasteiger partial charge in [0.1, 0.15) is 11.7 Å². The molecule has 1 aromatic rings. The summed E-state index contributed by atoms with van der Waals surface area (Å²) in [6.45, 7) is 15.4. The van der Waals surface area contributed by atoms with Gasteiger partial charge in [0, 0.05) is 36.6 Å². The van der Waals surface area contributed by atoms with E-state index in [-0.39, 0.29) is 34.0 Å². The van der Waals surface area contributed by atoms with Gasteiger partial charge in [-0.1, -0.05) is 40.7 Å². The molecule has 2 saturated carbocycles. The molecule has 2 bridgehead atoms. The maximum Gasteiger partial charge on any atom is 0.165 e. The van der Waals surface area contributed by atoms with Crippen LogP contribution in [0.15, 0.2) is 12.1 Å². The lowest BCUT2D eigenvalue weighted by Crippen LogP contribution is -2.79. The van der Waals surface area contributed by atoms with Crippen molar-refractivity contribution in [2.45, 2.75) is 109 Å². The molecule has 7 atom stereocenters. The number of benzene rings is 1. The minimum absolute atomic E-state index is 0.0893. The number of rotatable bonds is 5. The molecule has 1 spiro atoms. The largest absolute Gasteiger partial charge is 0.504 e. The summed E-state index contributed by atoms with van der Waals surface area (Å²) < 4.78 is 13.5. The standard InChI is InChI=1S/C30H45NO4/c1-8-30(34-7)21(28(6,33)26(2,3)4)16-27(5)22-15-19-11-12-20(32)24-23(19)29(27,25(30)35-24)13-14-31(22)17-18-9-10-18/h11-12,18,21-22,25,32-33H,8-10,13-17H2,1-7H3/t21-,22-,25-,27-,28?,29+,30-/m1/s1. The summed E-state index contributed by atoms with van der Waals surface area (Å²) in [5, 5.41) is 23.3. The highest BCUT2D eigenvalue weighted by Crippen LogP contribution is 2.73. The molecule has 0 amide bonds. The van der Waals surface area contributed by atoms with Gasteiger partial charge in [0.05, 0.1) is 5.60 Å². The summed E-state index contributed by atoms with van der Waals surface area (Å²) in [6.07, 6.45) is 6.11. The van der Waals surface area contributed by atoms with Gasteiger partial charge in [-0.05, 0) is 80.4 Å². The van der Waals surface area contributed by atoms with Crippen LogP contribution in [0.2, 0.25) is 0 Å². The van der Waals surface area contributed by atoms with Gasteiger partial charge in [0.2, 0.25) is 0 Å². The van der Waals surface area contributed by atoms with E-state index in [2.05, 4.69) is 45.6 Å². The number of piperidine rings is 1. The Hall–Kier alpha value is -1.30. The summed E-state index contributed by atoms with van der Waals surface area (Å²) in [7, 11) is 1.81. The van der Waals surface area contributed by atoms with Crippen molar-refractivity contribution in [1.82, 2.24) is 4.90 Å². The van der Waals surface area contributed by atoms with Crippen LogP contribution in [-0.2, 0) is 16.6 Å². The van der Waals surface area contributed by atoms with Crippen LogP contribution >= 0.6 is 0 Å². The number of aromatic hydroxyl groups is 1. The molecule has 2 heterocycles. The fourth-order valence-electron chi connectivity index (χ4n) is 9.09. The molecule has 0 aromatic heterocycles. The minimum Gasteiger partial charge on any atom is -0.504 e. The number of phenolic OH excluding ortho intramolecular Hbond substituents is 1. The first-order valence-electron chi connectivity index (χ1n) is 13.9. The number of methoxy groups -OCH3 is 1. The first kappa shape index (κ1) is 24.1. The van der Waals surface area contributed by atoms with Crippen LogP contribution in [0.3, 0.4) is 0 Å². The third kappa shape index (κ3) is 2.76. The Bertz CT molecular complexity index is 1040. The molecule has 5 nitrogen and oxygen atoms in total. The zero-order valence-corrected chi connectivity index (χ0v) is 22.8. The number of aliphatic hydroxyl groups is 1. The maximum atomic E-state index is 12.3. The molecule has 5 aliphatic rings. The Morgan fingerprint density at radius 2 is 1.91 bits per heavy atom. The highest BCUT2D eigenvalue weighted by Gasteiger charge is 2.78. The summed E-state index contributed by atoms with van der Waals surface area (Å²) in [5.41, 5.74) is 0.332. The number of hydrogen-bond donors (Lipinski definition) is 2. The van der Waals surface area contributed by atoms with E-state index < -0.39 is 11.2 Å². The second-order valence-electron chi connectivity index (χ2n) is 13.9. The molecule has 2 aliphatic heterocycles. The Labute approximate surface area is 211 Å². The van der Waals surface area contributed by atoms with Crippen molar-refractivity contribution >= 4 is 0 Å². The van der Waals surface area contributed by atoms with E-state index in [0.717, 1.165) is 38.1 Å². The highest BCUT2D eigenvalue weighted by molar-refractivity contribution is 5.62. The van der Waals surface area contributed by atoms with Crippen molar-refractivity contribution in [2.24, 2.45) is 22.7 Å². The molecule has 194 valence electrons. The first-order valence-corrected chi connectivity index (χ1v) is 13.9. The van der Waals surface area contributed by atoms with Crippen molar-refractivity contribution in [2.75, 3.05) is 20.2 Å². The van der Waals surface area contributed by atoms with Crippen LogP contribution in [0.5, 0.6) is 11.5 Å². The number of likely N-dealkylation sites (tertiary alicyclic amines) is 1. The number of hydrogen-bond acceptors (Lipinski definition) is 5. The minimum atomic E-state index is -0.959. The summed E-state index contributed by atoms with van der Waals surface area (Å²) >= 11 is 0. The van der Waals surface area contributed by atoms with Gasteiger partial charge < -0.3 is 19.7 Å². The third-order valence-electron chi connectivity index (χ3n) is 11.7. The molecule has 6 rings (SSSR count). The highest BCUT2D eigenvalue weighted by atomic mass is 16.6. The molecule has 1 aromatic carbocycles. The van der Waals surface area contributed by atoms with Gasteiger partial charge in [0.15, 0.2) is 11.5 Å². The number of nitrogens with zero attached hydrogens (tertiary/aromatic N) is 1. The Morgan fingerprint density at radius 1 is 1.20 bits per heavy atom. The molecule has 1 unspecified atom stereocenters. The molecule has 35 heavy (non-hydrogen) atoms. The molecule has 1 saturated heterocycles. The Morgan fingerprint density at radius 3 is 2.51 bits per heavy atom. The van der Waals surface area contributed by atoms with Gasteiger partial charge >= 0.3 is 0 Å². The molecular formula is C30H45NO4. The topological polar surface area (TPSA) is 62.2 Å². The van der Waals surface area contributed by atoms with Gasteiger partial charge in [-0.25, -0.2) is 0 Å². The summed E-state index contributed by atoms with van der Waals surface area (Å²) in [6, 6.07) is 4.37. The fraction of sp³-hybridized carbons (Fsp3) is 0.800. The molecule has 2 N–H and O–H groups in total. The molecule has 3 aliphatic carbocycles. The molecule has 0 radical (unpaired) electrons. The Balaban J connectivity index is 1.60. The van der Waals surface area contributed by atoms with Crippen LogP contribution in [0.4, 0.5) is 0 Å². The average Bonchev–Trinajstić information content (AvgIpc) is 3.53. The van der Waals surface area contributed by atoms with E-state index in [4.69, 9.17) is 9.47 Å². The fourth-order valence-corrected chi connectivity index (χ4v) is 9.09. The van der Waals surface area contributed by atoms with E-state index >= 15 is 0 Å². The van der Waals surface area contributed by atoms with E-state index in [1.807, 2.05) is 20.1 Å². The lowest BCUT2D eigenvalue weighted by molar-refractivity contribution is -0.277. The van der Waals surface area contributed by atoms with E-state index in [9.17, 15) is 10.2 Å². The second kappa shape index (κ2) is 7.17. The smallest absolute Gasteiger partial charge is 0.165 e. The first-order chi connectivity index (χ1) is 16.4. The van der Waals surface area contributed by atoms with Crippen LogP contribution in [0, 0.1) is 22.7 Å². The number of ether oxygens (including phenoxy) is 2. The van der Waals surface area contributed by atoms with Crippen molar-refractivity contribution < 1.29 is 19.7 Å². The van der Waals surface area contributed by atoms with E-state index in [0.29, 0.717) is 11.8 Å². The van der Waals surface area contributed by atoms with Crippen molar-refractivity contribution in [3.8, 4) is 11.5 Å². The predicted molar refractivity (Wildman–Crippen MR) is 137 cm³/mol. The number of phenols is 1. The van der Waals surface area contributed by atoms with Gasteiger partial charge in [-0.2, -0.15) is 0 Å². The lowest BCUT2D eigenvalue weighted by Gasteiger charge is -2.71. The van der Waals surface area contributed by atoms with Crippen LogP contribution in [-0.4, -0.2) is 58.7 Å². The van der Waals surface area contributed by atoms with Gasteiger partial charge in [-0.3, -0.25) is 4.90 Å². The monoisotopic (exact) mass is 483 g/mol. The normalized spacial score (nSPS) is 41.8. The predicted octanol–water partition coefficient (Wildman–Crippen LogP) is 5.05. The summed E-state index contributed by atoms with van der Waals surface area (Å²) in [4.78, 5) is 2.78. The molecular weight excluding hydrogens is 438 g/mol. The Kier molecular flexibility index (Phi) is 4.93. The average molecular weight is 484 g/mol. The third-order valence-corrected chi connectivity index (χ3v) is 11.7. The van der Waals surface area contributed by atoms with E-state index in [1.165, 1.54) is 30.5 Å². The maximum absolute atomic E-state index is 12.3. The van der Waals surface area contributed by atoms with Crippen molar-refractivity contribution in [3.63, 3.8) is 0 Å². The van der Waals surface area contributed by atoms with Gasteiger partial charge in [0.25, 0.3) is 0 Å². The molecule has 3 fully saturated rings. The SMILES string of the molecule is CC[C@@]1(OC)[C@@H](C(C)(O)C(C)(C)C)C[C@]2(C)[C@H]3Cc4ccc(O)c5c4[C@@]2(CCN3CC2CC2)[C@H]1O5. The van der Waals surface area contributed by atoms with Gasteiger partial charge in [-0.15, -0.1) is 0 Å². The van der Waals surface area contributed by atoms with Crippen molar-refractivity contribution in [1.29, 1.82) is 0 Å². The van der Waals surface area contributed by atoms with Crippen LogP contribution in [0.25, 0.3) is 0 Å². The van der Waals surface area contributed by atoms with Crippen LogP contribution in [0.1, 0.15) is 84.8 Å². The summed E-state index contributed by atoms with van der Waals surface area (Å²) in [5.74, 6) is 1.66. The lowest BCUT2D eigenvalue weighted by atomic mass is 9.38. The second-order valence-corrected chi connectivity index (χ2v) is 13.9. The van der Waals surface area contributed by atoms with Crippen LogP contribution < -0.4 is 4.74 Å². The van der Waals surface area contributed by atoms with Crippen molar-refractivity contribution in [3.05, 3.63) is 23.3 Å². The zero-order valence-electron chi connectivity index (χ0n) is 22.8.